The average molecular weight is 374 g/mol. The first-order valence-electron chi connectivity index (χ1n) is 9.41. The summed E-state index contributed by atoms with van der Waals surface area (Å²) in [5, 5.41) is 0. The van der Waals surface area contributed by atoms with Crippen LogP contribution in [-0.4, -0.2) is 12.5 Å². The average Bonchev–Trinajstić information content (AvgIpc) is 2.70. The Kier molecular flexibility index (Phi) is 5.30. The minimum atomic E-state index is 0.180. The summed E-state index contributed by atoms with van der Waals surface area (Å²) >= 11 is 1.73. The summed E-state index contributed by atoms with van der Waals surface area (Å²) < 4.78 is 0. The number of aryl methyl sites for hydroxylation is 2. The van der Waals surface area contributed by atoms with Gasteiger partial charge in [-0.3, -0.25) is 4.79 Å². The summed E-state index contributed by atoms with van der Waals surface area (Å²) in [5.74, 6) is 0.180. The molecule has 27 heavy (non-hydrogen) atoms. The lowest BCUT2D eigenvalue weighted by Gasteiger charge is -2.29. The van der Waals surface area contributed by atoms with E-state index in [0.29, 0.717) is 6.42 Å². The Morgan fingerprint density at radius 2 is 1.70 bits per heavy atom. The Morgan fingerprint density at radius 3 is 2.56 bits per heavy atom. The van der Waals surface area contributed by atoms with Crippen molar-refractivity contribution < 1.29 is 4.79 Å². The van der Waals surface area contributed by atoms with Crippen LogP contribution in [0.5, 0.6) is 0 Å². The van der Waals surface area contributed by atoms with Crippen LogP contribution in [-0.2, 0) is 17.6 Å². The third kappa shape index (κ3) is 4.09. The Balaban J connectivity index is 1.55. The third-order valence-corrected chi connectivity index (χ3v) is 6.10. The number of anilines is 1. The molecule has 0 radical (unpaired) electrons. The van der Waals surface area contributed by atoms with Crippen molar-refractivity contribution in [2.45, 2.75) is 36.0 Å². The fraction of sp³-hybridized carbons (Fsp3) is 0.208. The summed E-state index contributed by atoms with van der Waals surface area (Å²) in [4.78, 5) is 17.4. The minimum absolute atomic E-state index is 0.180. The molecule has 0 saturated heterocycles. The molecule has 0 fully saturated rings. The lowest BCUT2D eigenvalue weighted by atomic mass is 10.0. The summed E-state index contributed by atoms with van der Waals surface area (Å²) in [6.07, 6.45) is 2.52. The van der Waals surface area contributed by atoms with Crippen molar-refractivity contribution in [3.63, 3.8) is 0 Å². The fourth-order valence-electron chi connectivity index (χ4n) is 3.53. The van der Waals surface area contributed by atoms with Gasteiger partial charge in [-0.05, 0) is 55.2 Å². The normalized spacial score (nSPS) is 13.3. The second-order valence-electron chi connectivity index (χ2n) is 6.98. The molecule has 1 aliphatic rings. The van der Waals surface area contributed by atoms with Crippen LogP contribution in [0, 0.1) is 6.92 Å². The van der Waals surface area contributed by atoms with Crippen molar-refractivity contribution in [3.05, 3.63) is 89.5 Å². The van der Waals surface area contributed by atoms with Gasteiger partial charge in [-0.25, -0.2) is 0 Å². The van der Waals surface area contributed by atoms with E-state index in [2.05, 4.69) is 61.5 Å². The van der Waals surface area contributed by atoms with Crippen molar-refractivity contribution in [2.75, 3.05) is 11.4 Å². The lowest BCUT2D eigenvalue weighted by Crippen LogP contribution is -2.36. The van der Waals surface area contributed by atoms with Gasteiger partial charge in [0.1, 0.15) is 0 Å². The van der Waals surface area contributed by atoms with Gasteiger partial charge in [-0.2, -0.15) is 0 Å². The van der Waals surface area contributed by atoms with E-state index in [1.807, 2.05) is 23.1 Å². The second kappa shape index (κ2) is 8.01. The summed E-state index contributed by atoms with van der Waals surface area (Å²) in [6.45, 7) is 2.90. The summed E-state index contributed by atoms with van der Waals surface area (Å²) in [6, 6.07) is 25.1. The molecule has 1 heterocycles. The highest BCUT2D eigenvalue weighted by Gasteiger charge is 2.22. The van der Waals surface area contributed by atoms with E-state index in [9.17, 15) is 4.79 Å². The molecule has 3 aromatic carbocycles. The Hall–Kier alpha value is -2.52. The molecule has 0 spiro atoms. The molecule has 0 unspecified atom stereocenters. The van der Waals surface area contributed by atoms with Gasteiger partial charge in [0.05, 0.1) is 6.42 Å². The van der Waals surface area contributed by atoms with Gasteiger partial charge >= 0.3 is 0 Å². The molecular weight excluding hydrogens is 350 g/mol. The number of fused-ring (bicyclic) bond motifs is 1. The Bertz CT molecular complexity index is 949. The van der Waals surface area contributed by atoms with E-state index in [4.69, 9.17) is 0 Å². The van der Waals surface area contributed by atoms with Crippen molar-refractivity contribution in [2.24, 2.45) is 0 Å². The van der Waals surface area contributed by atoms with E-state index in [0.717, 1.165) is 35.5 Å². The predicted octanol–water partition coefficient (Wildman–Crippen LogP) is 5.67. The van der Waals surface area contributed by atoms with Gasteiger partial charge in [0.2, 0.25) is 5.91 Å². The van der Waals surface area contributed by atoms with Crippen LogP contribution < -0.4 is 4.90 Å². The van der Waals surface area contributed by atoms with E-state index >= 15 is 0 Å². The van der Waals surface area contributed by atoms with E-state index in [1.54, 1.807) is 11.8 Å². The molecule has 0 aromatic heterocycles. The van der Waals surface area contributed by atoms with Crippen LogP contribution in [0.4, 0.5) is 5.69 Å². The van der Waals surface area contributed by atoms with Crippen molar-refractivity contribution in [3.8, 4) is 0 Å². The van der Waals surface area contributed by atoms with Gasteiger partial charge in [0.15, 0.2) is 0 Å². The molecule has 136 valence electrons. The molecule has 0 aliphatic carbocycles. The molecule has 4 rings (SSSR count). The Labute approximate surface area is 165 Å². The van der Waals surface area contributed by atoms with Gasteiger partial charge in [0.25, 0.3) is 0 Å². The van der Waals surface area contributed by atoms with Crippen LogP contribution in [0.15, 0.2) is 82.6 Å². The summed E-state index contributed by atoms with van der Waals surface area (Å²) in [7, 11) is 0. The van der Waals surface area contributed by atoms with E-state index in [1.165, 1.54) is 16.0 Å². The quantitative estimate of drug-likeness (QED) is 0.587. The maximum absolute atomic E-state index is 13.1. The van der Waals surface area contributed by atoms with Crippen molar-refractivity contribution >= 4 is 23.4 Å². The highest BCUT2D eigenvalue weighted by atomic mass is 32.2. The Morgan fingerprint density at radius 1 is 0.963 bits per heavy atom. The van der Waals surface area contributed by atoms with Gasteiger partial charge in [-0.1, -0.05) is 65.9 Å². The highest BCUT2D eigenvalue weighted by Crippen LogP contribution is 2.32. The number of para-hydroxylation sites is 1. The maximum atomic E-state index is 13.1. The molecule has 3 aromatic rings. The zero-order valence-electron chi connectivity index (χ0n) is 15.5. The van der Waals surface area contributed by atoms with Gasteiger partial charge in [0, 0.05) is 22.0 Å². The number of hydrogen-bond donors (Lipinski definition) is 0. The largest absolute Gasteiger partial charge is 0.312 e. The third-order valence-electron chi connectivity index (χ3n) is 4.97. The molecule has 1 amide bonds. The van der Waals surface area contributed by atoms with Crippen LogP contribution in [0.25, 0.3) is 0 Å². The highest BCUT2D eigenvalue weighted by molar-refractivity contribution is 7.99. The number of rotatable bonds is 4. The lowest BCUT2D eigenvalue weighted by molar-refractivity contribution is -0.118. The molecule has 0 atom stereocenters. The number of carbonyl (C=O) groups excluding carboxylic acids is 1. The van der Waals surface area contributed by atoms with Crippen LogP contribution in [0.1, 0.15) is 23.1 Å². The standard InChI is InChI=1S/C24H23NOS/c1-18-12-14-21(15-13-18)27-23-11-5-3-8-20(23)17-24(26)25-16-6-9-19-7-2-4-10-22(19)25/h2-5,7-8,10-15H,6,9,16-17H2,1H3. The molecular formula is C24H23NOS. The molecule has 3 heteroatoms. The number of hydrogen-bond acceptors (Lipinski definition) is 2. The van der Waals surface area contributed by atoms with E-state index < -0.39 is 0 Å². The number of carbonyl (C=O) groups is 1. The molecule has 0 N–H and O–H groups in total. The zero-order chi connectivity index (χ0) is 18.6. The van der Waals surface area contributed by atoms with E-state index in [-0.39, 0.29) is 5.91 Å². The number of nitrogens with zero attached hydrogens (tertiary/aromatic N) is 1. The van der Waals surface area contributed by atoms with Gasteiger partial charge < -0.3 is 4.90 Å². The fourth-order valence-corrected chi connectivity index (χ4v) is 4.48. The van der Waals surface area contributed by atoms with Crippen LogP contribution >= 0.6 is 11.8 Å². The van der Waals surface area contributed by atoms with Crippen molar-refractivity contribution in [1.29, 1.82) is 0 Å². The monoisotopic (exact) mass is 373 g/mol. The zero-order valence-corrected chi connectivity index (χ0v) is 16.3. The second-order valence-corrected chi connectivity index (χ2v) is 8.09. The topological polar surface area (TPSA) is 20.3 Å². The maximum Gasteiger partial charge on any atom is 0.231 e. The molecule has 1 aliphatic heterocycles. The predicted molar refractivity (Wildman–Crippen MR) is 113 cm³/mol. The SMILES string of the molecule is Cc1ccc(Sc2ccccc2CC(=O)N2CCCc3ccccc32)cc1. The molecule has 0 bridgehead atoms. The van der Waals surface area contributed by atoms with Crippen LogP contribution in [0.3, 0.4) is 0 Å². The molecule has 2 nitrogen and oxygen atoms in total. The number of benzene rings is 3. The van der Waals surface area contributed by atoms with Crippen LogP contribution in [0.2, 0.25) is 0 Å². The summed E-state index contributed by atoms with van der Waals surface area (Å²) in [5.41, 5.74) is 4.71. The first-order valence-corrected chi connectivity index (χ1v) is 10.2. The van der Waals surface area contributed by atoms with Crippen molar-refractivity contribution in [1.82, 2.24) is 0 Å². The number of amides is 1. The smallest absolute Gasteiger partial charge is 0.231 e. The minimum Gasteiger partial charge on any atom is -0.312 e. The first-order chi connectivity index (χ1) is 13.2. The molecule has 0 saturated carbocycles. The van der Waals surface area contributed by atoms with Gasteiger partial charge in [-0.15, -0.1) is 0 Å². The first kappa shape index (κ1) is 17.9.